The lowest BCUT2D eigenvalue weighted by atomic mass is 10.1. The van der Waals surface area contributed by atoms with E-state index in [4.69, 9.17) is 23.4 Å². The van der Waals surface area contributed by atoms with E-state index in [1.807, 2.05) is 54.6 Å². The second-order valence-electron chi connectivity index (χ2n) is 13.3. The van der Waals surface area contributed by atoms with Gasteiger partial charge < -0.3 is 23.4 Å². The minimum Gasteiger partial charge on any atom is -0.405 e. The molecule has 0 saturated carbocycles. The number of ether oxygens (including phenoxy) is 4. The Kier molecular flexibility index (Phi) is 13.5. The first-order valence-corrected chi connectivity index (χ1v) is 19.0. The number of hydrogen-bond donors (Lipinski definition) is 0. The molecule has 6 heteroatoms. The van der Waals surface area contributed by atoms with Gasteiger partial charge in [-0.15, -0.1) is 0 Å². The van der Waals surface area contributed by atoms with Gasteiger partial charge in [0.15, 0.2) is 0 Å². The SMILES string of the molecule is CO[C@@H](COCc1ccccc1)[C@@H](OCc1ccccc1)[C@H](CO[Si](c1ccccc1)(c1ccccc1)C(C)(C)C)OCc1ccccc1. The van der Waals surface area contributed by atoms with E-state index in [1.165, 1.54) is 10.4 Å². The highest BCUT2D eigenvalue weighted by Gasteiger charge is 2.51. The van der Waals surface area contributed by atoms with Crippen LogP contribution in [0.4, 0.5) is 0 Å². The first-order chi connectivity index (χ1) is 23.9. The number of hydrogen-bond acceptors (Lipinski definition) is 5. The highest BCUT2D eigenvalue weighted by atomic mass is 28.4. The summed E-state index contributed by atoms with van der Waals surface area (Å²) in [7, 11) is -1.16. The highest BCUT2D eigenvalue weighted by molar-refractivity contribution is 6.99. The Morgan fingerprint density at radius 1 is 0.490 bits per heavy atom. The van der Waals surface area contributed by atoms with Crippen LogP contribution in [0.25, 0.3) is 0 Å². The molecule has 5 nitrogen and oxygen atoms in total. The first-order valence-electron chi connectivity index (χ1n) is 17.1. The van der Waals surface area contributed by atoms with Crippen molar-refractivity contribution in [3.8, 4) is 0 Å². The van der Waals surface area contributed by atoms with Gasteiger partial charge in [0.25, 0.3) is 8.32 Å². The van der Waals surface area contributed by atoms with Gasteiger partial charge in [0.2, 0.25) is 0 Å². The Hall–Kier alpha value is -3.88. The van der Waals surface area contributed by atoms with Crippen molar-refractivity contribution in [2.45, 2.75) is 63.9 Å². The largest absolute Gasteiger partial charge is 0.405 e. The van der Waals surface area contributed by atoms with Crippen molar-refractivity contribution < 1.29 is 23.4 Å². The Balaban J connectivity index is 1.50. The summed E-state index contributed by atoms with van der Waals surface area (Å²) in [5.41, 5.74) is 3.25. The summed E-state index contributed by atoms with van der Waals surface area (Å²) in [6, 6.07) is 52.0. The van der Waals surface area contributed by atoms with Gasteiger partial charge in [0.05, 0.1) is 33.0 Å². The molecule has 0 bridgehead atoms. The van der Waals surface area contributed by atoms with Crippen molar-refractivity contribution >= 4 is 18.7 Å². The summed E-state index contributed by atoms with van der Waals surface area (Å²) in [5.74, 6) is 0. The summed E-state index contributed by atoms with van der Waals surface area (Å²) >= 11 is 0. The summed E-state index contributed by atoms with van der Waals surface area (Å²) in [6.07, 6.45) is -1.39. The fraction of sp³-hybridized carbons (Fsp3) is 0.302. The molecule has 0 aliphatic heterocycles. The van der Waals surface area contributed by atoms with Gasteiger partial charge in [0.1, 0.15) is 18.3 Å². The molecule has 49 heavy (non-hydrogen) atoms. The normalized spacial score (nSPS) is 13.9. The molecule has 256 valence electrons. The van der Waals surface area contributed by atoms with Crippen LogP contribution in [0.3, 0.4) is 0 Å². The summed E-state index contributed by atoms with van der Waals surface area (Å²) in [4.78, 5) is 0. The third-order valence-corrected chi connectivity index (χ3v) is 13.9. The van der Waals surface area contributed by atoms with E-state index in [2.05, 4.69) is 118 Å². The molecule has 0 radical (unpaired) electrons. The van der Waals surface area contributed by atoms with Crippen LogP contribution in [0.2, 0.25) is 5.04 Å². The quantitative estimate of drug-likeness (QED) is 0.0883. The van der Waals surface area contributed by atoms with Crippen LogP contribution in [0.15, 0.2) is 152 Å². The molecule has 0 aromatic heterocycles. The topological polar surface area (TPSA) is 46.2 Å². The van der Waals surface area contributed by atoms with E-state index < -0.39 is 26.6 Å². The molecule has 0 spiro atoms. The lowest BCUT2D eigenvalue weighted by Gasteiger charge is -2.44. The average Bonchev–Trinajstić information content (AvgIpc) is 3.14. The third-order valence-electron chi connectivity index (χ3n) is 8.90. The fourth-order valence-corrected chi connectivity index (χ4v) is 10.9. The molecule has 0 amide bonds. The molecule has 5 rings (SSSR count). The van der Waals surface area contributed by atoms with Crippen LogP contribution in [-0.2, 0) is 43.2 Å². The monoisotopic (exact) mass is 674 g/mol. The molecular formula is C43H50O5Si. The minimum atomic E-state index is -2.88. The zero-order valence-corrected chi connectivity index (χ0v) is 30.2. The first kappa shape index (κ1) is 36.4. The average molecular weight is 675 g/mol. The van der Waals surface area contributed by atoms with Crippen molar-refractivity contribution in [3.05, 3.63) is 168 Å². The van der Waals surface area contributed by atoms with Crippen molar-refractivity contribution in [1.82, 2.24) is 0 Å². The van der Waals surface area contributed by atoms with Crippen LogP contribution >= 0.6 is 0 Å². The van der Waals surface area contributed by atoms with Gasteiger partial charge in [-0.3, -0.25) is 0 Å². The van der Waals surface area contributed by atoms with Crippen molar-refractivity contribution in [2.24, 2.45) is 0 Å². The number of benzene rings is 5. The molecule has 0 N–H and O–H groups in total. The van der Waals surface area contributed by atoms with E-state index in [1.54, 1.807) is 7.11 Å². The van der Waals surface area contributed by atoms with E-state index in [9.17, 15) is 0 Å². The molecular weight excluding hydrogens is 625 g/mol. The van der Waals surface area contributed by atoms with Crippen LogP contribution in [0.1, 0.15) is 37.5 Å². The Morgan fingerprint density at radius 3 is 1.33 bits per heavy atom. The van der Waals surface area contributed by atoms with Crippen molar-refractivity contribution in [3.63, 3.8) is 0 Å². The Bertz CT molecular complexity index is 1570. The smallest absolute Gasteiger partial charge is 0.261 e. The van der Waals surface area contributed by atoms with E-state index in [0.29, 0.717) is 33.0 Å². The molecule has 0 heterocycles. The van der Waals surface area contributed by atoms with Gasteiger partial charge in [-0.2, -0.15) is 0 Å². The van der Waals surface area contributed by atoms with Gasteiger partial charge in [-0.05, 0) is 32.1 Å². The molecule has 5 aromatic carbocycles. The maximum absolute atomic E-state index is 7.46. The van der Waals surface area contributed by atoms with Gasteiger partial charge >= 0.3 is 0 Å². The predicted molar refractivity (Wildman–Crippen MR) is 201 cm³/mol. The Morgan fingerprint density at radius 2 is 0.898 bits per heavy atom. The van der Waals surface area contributed by atoms with Crippen LogP contribution in [0, 0.1) is 0 Å². The second-order valence-corrected chi connectivity index (χ2v) is 17.7. The maximum atomic E-state index is 7.46. The number of methoxy groups -OCH3 is 1. The summed E-state index contributed by atoms with van der Waals surface area (Å²) < 4.78 is 33.5. The summed E-state index contributed by atoms with van der Waals surface area (Å²) in [5, 5.41) is 2.23. The number of rotatable bonds is 18. The molecule has 0 saturated heterocycles. The molecule has 3 atom stereocenters. The van der Waals surface area contributed by atoms with Gasteiger partial charge in [-0.25, -0.2) is 0 Å². The minimum absolute atomic E-state index is 0.195. The van der Waals surface area contributed by atoms with Crippen molar-refractivity contribution in [2.75, 3.05) is 20.3 Å². The predicted octanol–water partition coefficient (Wildman–Crippen LogP) is 7.97. The van der Waals surface area contributed by atoms with Gasteiger partial charge in [-0.1, -0.05) is 172 Å². The third kappa shape index (κ3) is 9.85. The Labute approximate surface area is 293 Å². The van der Waals surface area contributed by atoms with Gasteiger partial charge in [0, 0.05) is 7.11 Å². The highest BCUT2D eigenvalue weighted by Crippen LogP contribution is 2.37. The second kappa shape index (κ2) is 18.2. The maximum Gasteiger partial charge on any atom is 0.261 e. The summed E-state index contributed by atoms with van der Waals surface area (Å²) in [6.45, 7) is 8.78. The van der Waals surface area contributed by atoms with Crippen molar-refractivity contribution in [1.29, 1.82) is 0 Å². The fourth-order valence-electron chi connectivity index (χ4n) is 6.37. The zero-order valence-electron chi connectivity index (χ0n) is 29.2. The van der Waals surface area contributed by atoms with E-state index in [0.717, 1.165) is 16.7 Å². The van der Waals surface area contributed by atoms with E-state index in [-0.39, 0.29) is 5.04 Å². The lowest BCUT2D eigenvalue weighted by Crippen LogP contribution is -2.67. The molecule has 0 unspecified atom stereocenters. The molecule has 0 fully saturated rings. The zero-order chi connectivity index (χ0) is 34.4. The standard InChI is InChI=1S/C43H50O5Si/c1-43(2,3)49(38-26-16-8-17-27-38,39-28-18-9-19-29-39)48-34-41(46-31-36-22-12-6-13-23-36)42(47-32-37-24-14-7-15-25-37)40(44-4)33-45-30-35-20-10-5-11-21-35/h5-29,40-42H,30-34H2,1-4H3/t40-,41-,42+/m0/s1. The van der Waals surface area contributed by atoms with Crippen LogP contribution in [0.5, 0.6) is 0 Å². The van der Waals surface area contributed by atoms with Crippen LogP contribution < -0.4 is 10.4 Å². The lowest BCUT2D eigenvalue weighted by molar-refractivity contribution is -0.164. The molecule has 5 aromatic rings. The molecule has 0 aliphatic carbocycles. The molecule has 0 aliphatic rings. The van der Waals surface area contributed by atoms with E-state index >= 15 is 0 Å². The van der Waals surface area contributed by atoms with Crippen LogP contribution in [-0.4, -0.2) is 47.0 Å².